The molecule has 1 atom stereocenters. The molecule has 1 rings (SSSR count). The molecule has 0 aromatic heterocycles. The Kier molecular flexibility index (Phi) is 4.76. The van der Waals surface area contributed by atoms with Gasteiger partial charge in [-0.15, -0.1) is 0 Å². The molecular weight excluding hydrogens is 208 g/mol. The van der Waals surface area contributed by atoms with E-state index in [4.69, 9.17) is 9.47 Å². The van der Waals surface area contributed by atoms with Gasteiger partial charge in [0, 0.05) is 19.8 Å². The van der Waals surface area contributed by atoms with Crippen LogP contribution in [0.15, 0.2) is 23.8 Å². The second-order valence-electron chi connectivity index (χ2n) is 3.69. The van der Waals surface area contributed by atoms with Crippen LogP contribution in [0.2, 0.25) is 0 Å². The van der Waals surface area contributed by atoms with Crippen LogP contribution in [0.4, 0.5) is 0 Å². The summed E-state index contributed by atoms with van der Waals surface area (Å²) in [6, 6.07) is 0. The minimum Gasteiger partial charge on any atom is -0.465 e. The molecule has 0 aliphatic heterocycles. The highest BCUT2D eigenvalue weighted by molar-refractivity contribution is 5.66. The van der Waals surface area contributed by atoms with Crippen molar-refractivity contribution in [2.75, 3.05) is 13.2 Å². The molecule has 1 aliphatic carbocycles. The van der Waals surface area contributed by atoms with E-state index in [9.17, 15) is 9.59 Å². The predicted octanol–water partition coefficient (Wildman–Crippen LogP) is 1.62. The summed E-state index contributed by atoms with van der Waals surface area (Å²) >= 11 is 0. The van der Waals surface area contributed by atoms with Crippen LogP contribution < -0.4 is 0 Å². The molecule has 4 heteroatoms. The lowest BCUT2D eigenvalue weighted by Gasteiger charge is -2.20. The van der Waals surface area contributed by atoms with E-state index in [0.717, 1.165) is 12.0 Å². The monoisotopic (exact) mass is 224 g/mol. The molecule has 0 unspecified atom stereocenters. The van der Waals surface area contributed by atoms with Gasteiger partial charge in [-0.3, -0.25) is 9.59 Å². The quantitative estimate of drug-likeness (QED) is 0.681. The smallest absolute Gasteiger partial charge is 0.302 e. The largest absolute Gasteiger partial charge is 0.465 e. The molecule has 0 N–H and O–H groups in total. The molecule has 0 amide bonds. The number of ether oxygens (including phenoxy) is 2. The summed E-state index contributed by atoms with van der Waals surface area (Å²) in [6.45, 7) is 3.37. The number of carbonyl (C=O) groups excluding carboxylic acids is 2. The molecule has 0 saturated carbocycles. The predicted molar refractivity (Wildman–Crippen MR) is 58.6 cm³/mol. The lowest BCUT2D eigenvalue weighted by Crippen LogP contribution is -2.19. The van der Waals surface area contributed by atoms with Gasteiger partial charge in [-0.2, -0.15) is 0 Å². The Bertz CT molecular complexity index is 328. The summed E-state index contributed by atoms with van der Waals surface area (Å²) in [6.07, 6.45) is 6.63. The van der Waals surface area contributed by atoms with Crippen LogP contribution >= 0.6 is 0 Å². The topological polar surface area (TPSA) is 52.6 Å². The van der Waals surface area contributed by atoms with E-state index in [1.807, 2.05) is 18.2 Å². The van der Waals surface area contributed by atoms with Gasteiger partial charge in [0.2, 0.25) is 0 Å². The Morgan fingerprint density at radius 2 is 2.00 bits per heavy atom. The van der Waals surface area contributed by atoms with Gasteiger partial charge in [0.15, 0.2) is 0 Å². The summed E-state index contributed by atoms with van der Waals surface area (Å²) in [5.41, 5.74) is 0.985. The molecule has 0 saturated heterocycles. The maximum absolute atomic E-state index is 10.7. The molecular formula is C12H16O4. The van der Waals surface area contributed by atoms with Crippen LogP contribution in [0.3, 0.4) is 0 Å². The van der Waals surface area contributed by atoms with Crippen molar-refractivity contribution in [3.8, 4) is 0 Å². The highest BCUT2D eigenvalue weighted by atomic mass is 16.5. The van der Waals surface area contributed by atoms with Gasteiger partial charge in [0.25, 0.3) is 0 Å². The molecule has 0 bridgehead atoms. The summed E-state index contributed by atoms with van der Waals surface area (Å²) in [5.74, 6) is -0.476. The van der Waals surface area contributed by atoms with Gasteiger partial charge in [-0.25, -0.2) is 0 Å². The van der Waals surface area contributed by atoms with Crippen molar-refractivity contribution in [3.05, 3.63) is 23.8 Å². The van der Waals surface area contributed by atoms with Gasteiger partial charge < -0.3 is 9.47 Å². The second-order valence-corrected chi connectivity index (χ2v) is 3.69. The van der Waals surface area contributed by atoms with Crippen molar-refractivity contribution in [1.29, 1.82) is 0 Å². The van der Waals surface area contributed by atoms with Gasteiger partial charge in [0.1, 0.15) is 6.61 Å². The summed E-state index contributed by atoms with van der Waals surface area (Å²) < 4.78 is 9.90. The van der Waals surface area contributed by atoms with Crippen molar-refractivity contribution < 1.29 is 19.1 Å². The van der Waals surface area contributed by atoms with Gasteiger partial charge in [-0.05, 0) is 12.0 Å². The van der Waals surface area contributed by atoms with Crippen molar-refractivity contribution in [2.24, 2.45) is 5.92 Å². The SMILES string of the molecule is CC(=O)OCC1=CC=CC[C@@H]1COC(C)=O. The Balaban J connectivity index is 2.48. The van der Waals surface area contributed by atoms with Crippen molar-refractivity contribution in [1.82, 2.24) is 0 Å². The third-order valence-corrected chi connectivity index (χ3v) is 2.32. The second kappa shape index (κ2) is 6.10. The van der Waals surface area contributed by atoms with Crippen LogP contribution in [-0.2, 0) is 19.1 Å². The van der Waals surface area contributed by atoms with E-state index in [2.05, 4.69) is 0 Å². The van der Waals surface area contributed by atoms with E-state index in [-0.39, 0.29) is 24.5 Å². The third kappa shape index (κ3) is 4.29. The Morgan fingerprint density at radius 3 is 2.62 bits per heavy atom. The normalized spacial score (nSPS) is 18.9. The van der Waals surface area contributed by atoms with Crippen molar-refractivity contribution >= 4 is 11.9 Å². The zero-order chi connectivity index (χ0) is 12.0. The lowest BCUT2D eigenvalue weighted by atomic mass is 9.93. The van der Waals surface area contributed by atoms with Crippen molar-refractivity contribution in [3.63, 3.8) is 0 Å². The van der Waals surface area contributed by atoms with E-state index >= 15 is 0 Å². The minimum atomic E-state index is -0.304. The van der Waals surface area contributed by atoms with Crippen LogP contribution in [0.25, 0.3) is 0 Å². The van der Waals surface area contributed by atoms with Gasteiger partial charge >= 0.3 is 11.9 Å². The van der Waals surface area contributed by atoms with E-state index < -0.39 is 0 Å². The highest BCUT2D eigenvalue weighted by Gasteiger charge is 2.17. The highest BCUT2D eigenvalue weighted by Crippen LogP contribution is 2.21. The maximum Gasteiger partial charge on any atom is 0.302 e. The van der Waals surface area contributed by atoms with Crippen molar-refractivity contribution in [2.45, 2.75) is 20.3 Å². The van der Waals surface area contributed by atoms with Gasteiger partial charge in [0.05, 0.1) is 6.61 Å². The first-order valence-corrected chi connectivity index (χ1v) is 5.22. The number of allylic oxidation sites excluding steroid dienone is 3. The number of rotatable bonds is 4. The molecule has 0 radical (unpaired) electrons. The minimum absolute atomic E-state index is 0.119. The average molecular weight is 224 g/mol. The van der Waals surface area contributed by atoms with Crippen LogP contribution in [0.1, 0.15) is 20.3 Å². The zero-order valence-corrected chi connectivity index (χ0v) is 9.56. The fourth-order valence-electron chi connectivity index (χ4n) is 1.47. The molecule has 1 aliphatic rings. The summed E-state index contributed by atoms with van der Waals surface area (Å²) in [5, 5.41) is 0. The Labute approximate surface area is 94.9 Å². The summed E-state index contributed by atoms with van der Waals surface area (Å²) in [4.78, 5) is 21.4. The number of carbonyl (C=O) groups is 2. The molecule has 0 heterocycles. The molecule has 0 fully saturated rings. The zero-order valence-electron chi connectivity index (χ0n) is 9.56. The molecule has 0 aromatic carbocycles. The van der Waals surface area contributed by atoms with E-state index in [0.29, 0.717) is 6.61 Å². The van der Waals surface area contributed by atoms with Crippen LogP contribution in [0.5, 0.6) is 0 Å². The maximum atomic E-state index is 10.7. The molecule has 0 spiro atoms. The number of esters is 2. The average Bonchev–Trinajstić information content (AvgIpc) is 2.24. The fraction of sp³-hybridized carbons (Fsp3) is 0.500. The Hall–Kier alpha value is -1.58. The van der Waals surface area contributed by atoms with Crippen LogP contribution in [-0.4, -0.2) is 25.2 Å². The standard InChI is InChI=1S/C12H16O4/c1-9(13)15-7-11-5-3-4-6-12(11)8-16-10(2)14/h3-5,12H,6-8H2,1-2H3/t12-/m1/s1. The first kappa shape index (κ1) is 12.5. The molecule has 88 valence electrons. The number of hydrogen-bond donors (Lipinski definition) is 0. The third-order valence-electron chi connectivity index (χ3n) is 2.32. The van der Waals surface area contributed by atoms with E-state index in [1.54, 1.807) is 0 Å². The first-order chi connectivity index (χ1) is 7.59. The summed E-state index contributed by atoms with van der Waals surface area (Å²) in [7, 11) is 0. The van der Waals surface area contributed by atoms with Crippen LogP contribution in [0, 0.1) is 5.92 Å². The number of hydrogen-bond acceptors (Lipinski definition) is 4. The molecule has 4 nitrogen and oxygen atoms in total. The molecule has 16 heavy (non-hydrogen) atoms. The fourth-order valence-corrected chi connectivity index (χ4v) is 1.47. The van der Waals surface area contributed by atoms with E-state index in [1.165, 1.54) is 13.8 Å². The lowest BCUT2D eigenvalue weighted by molar-refractivity contribution is -0.143. The first-order valence-electron chi connectivity index (χ1n) is 5.22. The van der Waals surface area contributed by atoms with Gasteiger partial charge in [-0.1, -0.05) is 18.2 Å². The Morgan fingerprint density at radius 1 is 1.31 bits per heavy atom. The molecule has 0 aromatic rings.